The number of carbonyl (C=O) groups is 1. The molecule has 1 amide bonds. The van der Waals surface area contributed by atoms with Crippen LogP contribution >= 0.6 is 0 Å². The standard InChI is InChI=1S/C21H21N3O6S/c1-13-5-6-24-19(9-13)22-16(11-20(24)25)12-31(27,28)14(2)21(26)23-15-3-4-17-18(10-15)30-8-7-29-17/h3-6,9-11,14H,7-8,12H2,1-2H3,(H,23,26)/t14-/m0/s1. The molecule has 1 atom stereocenters. The predicted molar refractivity (Wildman–Crippen MR) is 114 cm³/mol. The fourth-order valence-electron chi connectivity index (χ4n) is 3.19. The van der Waals surface area contributed by atoms with Gasteiger partial charge in [-0.2, -0.15) is 0 Å². The van der Waals surface area contributed by atoms with E-state index in [0.717, 1.165) is 5.56 Å². The second kappa shape index (κ2) is 8.03. The minimum absolute atomic E-state index is 0.0922. The molecule has 3 aromatic rings. The summed E-state index contributed by atoms with van der Waals surface area (Å²) in [7, 11) is -3.92. The number of amides is 1. The number of pyridine rings is 1. The largest absolute Gasteiger partial charge is 0.486 e. The topological polar surface area (TPSA) is 116 Å². The summed E-state index contributed by atoms with van der Waals surface area (Å²) in [5.41, 5.74) is 1.34. The molecule has 0 spiro atoms. The number of sulfone groups is 1. The van der Waals surface area contributed by atoms with Crippen LogP contribution in [0.2, 0.25) is 0 Å². The van der Waals surface area contributed by atoms with Gasteiger partial charge in [-0.3, -0.25) is 14.0 Å². The van der Waals surface area contributed by atoms with Crippen molar-refractivity contribution >= 4 is 27.1 Å². The van der Waals surface area contributed by atoms with Crippen molar-refractivity contribution in [3.63, 3.8) is 0 Å². The average Bonchev–Trinajstić information content (AvgIpc) is 2.72. The van der Waals surface area contributed by atoms with E-state index in [9.17, 15) is 18.0 Å². The van der Waals surface area contributed by atoms with Crippen LogP contribution in [0.25, 0.3) is 5.65 Å². The number of hydrogen-bond acceptors (Lipinski definition) is 7. The van der Waals surface area contributed by atoms with Gasteiger partial charge in [-0.05, 0) is 43.7 Å². The first kappa shape index (κ1) is 20.9. The monoisotopic (exact) mass is 443 g/mol. The Labute approximate surface area is 178 Å². The Morgan fingerprint density at radius 1 is 1.16 bits per heavy atom. The van der Waals surface area contributed by atoms with Crippen LogP contribution in [0.1, 0.15) is 18.2 Å². The molecule has 0 saturated carbocycles. The van der Waals surface area contributed by atoms with Gasteiger partial charge in [0.2, 0.25) is 5.91 Å². The first-order valence-electron chi connectivity index (χ1n) is 9.64. The van der Waals surface area contributed by atoms with Gasteiger partial charge in [0.05, 0.1) is 11.4 Å². The summed E-state index contributed by atoms with van der Waals surface area (Å²) in [6, 6.07) is 9.47. The van der Waals surface area contributed by atoms with Gasteiger partial charge in [-0.25, -0.2) is 13.4 Å². The van der Waals surface area contributed by atoms with Crippen molar-refractivity contribution in [3.05, 3.63) is 64.2 Å². The molecule has 0 aliphatic carbocycles. The molecule has 0 radical (unpaired) electrons. The molecule has 1 aromatic carbocycles. The summed E-state index contributed by atoms with van der Waals surface area (Å²) >= 11 is 0. The first-order chi connectivity index (χ1) is 14.7. The third-order valence-electron chi connectivity index (χ3n) is 4.94. The van der Waals surface area contributed by atoms with E-state index in [4.69, 9.17) is 9.47 Å². The van der Waals surface area contributed by atoms with E-state index in [2.05, 4.69) is 10.3 Å². The maximum atomic E-state index is 12.8. The molecule has 3 heterocycles. The van der Waals surface area contributed by atoms with Crippen molar-refractivity contribution < 1.29 is 22.7 Å². The molecule has 0 saturated heterocycles. The van der Waals surface area contributed by atoms with Crippen molar-refractivity contribution in [2.75, 3.05) is 18.5 Å². The highest BCUT2D eigenvalue weighted by Gasteiger charge is 2.29. The molecule has 162 valence electrons. The van der Waals surface area contributed by atoms with E-state index in [1.54, 1.807) is 36.5 Å². The summed E-state index contributed by atoms with van der Waals surface area (Å²) in [6.45, 7) is 3.99. The fourth-order valence-corrected chi connectivity index (χ4v) is 4.38. The molecule has 0 bridgehead atoms. The predicted octanol–water partition coefficient (Wildman–Crippen LogP) is 1.72. The molecule has 1 aliphatic heterocycles. The van der Waals surface area contributed by atoms with Crippen molar-refractivity contribution in [1.82, 2.24) is 9.38 Å². The van der Waals surface area contributed by atoms with E-state index in [1.807, 2.05) is 6.92 Å². The molecule has 1 N–H and O–H groups in total. The molecular weight excluding hydrogens is 422 g/mol. The first-order valence-corrected chi connectivity index (χ1v) is 11.4. The molecule has 9 nitrogen and oxygen atoms in total. The molecule has 1 aliphatic rings. The van der Waals surface area contributed by atoms with E-state index < -0.39 is 26.7 Å². The minimum Gasteiger partial charge on any atom is -0.486 e. The second-order valence-electron chi connectivity index (χ2n) is 7.32. The lowest BCUT2D eigenvalue weighted by atomic mass is 10.2. The molecule has 0 unspecified atom stereocenters. The Morgan fingerprint density at radius 2 is 1.90 bits per heavy atom. The van der Waals surface area contributed by atoms with Gasteiger partial charge >= 0.3 is 0 Å². The van der Waals surface area contributed by atoms with E-state index >= 15 is 0 Å². The van der Waals surface area contributed by atoms with E-state index in [1.165, 1.54) is 17.4 Å². The molecular formula is C21H21N3O6S. The van der Waals surface area contributed by atoms with Gasteiger partial charge in [-0.15, -0.1) is 0 Å². The summed E-state index contributed by atoms with van der Waals surface area (Å²) in [5, 5.41) is 1.24. The molecule has 10 heteroatoms. The van der Waals surface area contributed by atoms with Crippen LogP contribution < -0.4 is 20.3 Å². The van der Waals surface area contributed by atoms with E-state index in [0.29, 0.717) is 36.0 Å². The number of nitrogens with zero attached hydrogens (tertiary/aromatic N) is 2. The van der Waals surface area contributed by atoms with Gasteiger partial charge in [0, 0.05) is 24.0 Å². The smallest absolute Gasteiger partial charge is 0.258 e. The second-order valence-corrected chi connectivity index (χ2v) is 9.64. The summed E-state index contributed by atoms with van der Waals surface area (Å²) in [5.74, 6) is -0.169. The highest BCUT2D eigenvalue weighted by atomic mass is 32.2. The molecule has 0 fully saturated rings. The zero-order valence-electron chi connectivity index (χ0n) is 17.0. The SMILES string of the molecule is Cc1ccn2c(=O)cc(CS(=O)(=O)[C@@H](C)C(=O)Nc3ccc4c(c3)OCCO4)nc2c1. The van der Waals surface area contributed by atoms with Gasteiger partial charge in [-0.1, -0.05) is 0 Å². The number of carbonyl (C=O) groups excluding carboxylic acids is 1. The number of anilines is 1. The zero-order valence-corrected chi connectivity index (χ0v) is 17.8. The van der Waals surface area contributed by atoms with Gasteiger partial charge in [0.15, 0.2) is 21.3 Å². The zero-order chi connectivity index (χ0) is 22.2. The molecule has 4 rings (SSSR count). The van der Waals surface area contributed by atoms with Crippen LogP contribution in [-0.4, -0.2) is 42.2 Å². The third-order valence-corrected chi connectivity index (χ3v) is 6.93. The Balaban J connectivity index is 1.52. The maximum absolute atomic E-state index is 12.8. The summed E-state index contributed by atoms with van der Waals surface area (Å²) in [4.78, 5) is 29.2. The molecule has 31 heavy (non-hydrogen) atoms. The van der Waals surface area contributed by atoms with Crippen molar-refractivity contribution in [1.29, 1.82) is 0 Å². The van der Waals surface area contributed by atoms with Crippen molar-refractivity contribution in [2.45, 2.75) is 24.9 Å². The van der Waals surface area contributed by atoms with Gasteiger partial charge < -0.3 is 14.8 Å². The number of nitrogens with one attached hydrogen (secondary N) is 1. The van der Waals surface area contributed by atoms with Crippen LogP contribution in [0.4, 0.5) is 5.69 Å². The lowest BCUT2D eigenvalue weighted by molar-refractivity contribution is -0.115. The van der Waals surface area contributed by atoms with Gasteiger partial charge in [0.1, 0.15) is 24.1 Å². The van der Waals surface area contributed by atoms with Crippen LogP contribution in [0.15, 0.2) is 47.4 Å². The maximum Gasteiger partial charge on any atom is 0.258 e. The highest BCUT2D eigenvalue weighted by Crippen LogP contribution is 2.32. The Hall–Kier alpha value is -3.40. The van der Waals surface area contributed by atoms with Crippen LogP contribution in [0.3, 0.4) is 0 Å². The van der Waals surface area contributed by atoms with Gasteiger partial charge in [0.25, 0.3) is 5.56 Å². The number of benzene rings is 1. The number of hydrogen-bond donors (Lipinski definition) is 1. The third kappa shape index (κ3) is 4.38. The molecule has 2 aromatic heterocycles. The number of fused-ring (bicyclic) bond motifs is 2. The fraction of sp³-hybridized carbons (Fsp3) is 0.286. The minimum atomic E-state index is -3.92. The lowest BCUT2D eigenvalue weighted by Crippen LogP contribution is -2.34. The summed E-state index contributed by atoms with van der Waals surface area (Å²) in [6.07, 6.45) is 1.59. The Kier molecular flexibility index (Phi) is 5.40. The number of aromatic nitrogens is 2. The number of rotatable bonds is 5. The normalized spacial score (nSPS) is 14.3. The van der Waals surface area contributed by atoms with Crippen molar-refractivity contribution in [3.8, 4) is 11.5 Å². The average molecular weight is 443 g/mol. The number of ether oxygens (including phenoxy) is 2. The number of aryl methyl sites for hydroxylation is 1. The highest BCUT2D eigenvalue weighted by molar-refractivity contribution is 7.92. The van der Waals surface area contributed by atoms with Crippen LogP contribution in [0.5, 0.6) is 11.5 Å². The Morgan fingerprint density at radius 3 is 2.68 bits per heavy atom. The Bertz CT molecular complexity index is 1330. The lowest BCUT2D eigenvalue weighted by Gasteiger charge is -2.19. The quantitative estimate of drug-likeness (QED) is 0.638. The van der Waals surface area contributed by atoms with Crippen LogP contribution in [0, 0.1) is 6.92 Å². The summed E-state index contributed by atoms with van der Waals surface area (Å²) < 4.78 is 37.9. The van der Waals surface area contributed by atoms with Crippen LogP contribution in [-0.2, 0) is 20.4 Å². The van der Waals surface area contributed by atoms with E-state index in [-0.39, 0.29) is 11.3 Å². The van der Waals surface area contributed by atoms with Crippen molar-refractivity contribution in [2.24, 2.45) is 0 Å².